The summed E-state index contributed by atoms with van der Waals surface area (Å²) in [5.74, 6) is 3.04. The van der Waals surface area contributed by atoms with Crippen molar-refractivity contribution < 1.29 is 9.47 Å². The van der Waals surface area contributed by atoms with Gasteiger partial charge in [-0.1, -0.05) is 37.3 Å². The van der Waals surface area contributed by atoms with E-state index in [0.29, 0.717) is 19.1 Å². The molecule has 0 spiro atoms. The molecule has 1 atom stereocenters. The van der Waals surface area contributed by atoms with Gasteiger partial charge in [-0.25, -0.2) is 0 Å². The topological polar surface area (TPSA) is 58.1 Å². The minimum atomic E-state index is 0.451. The van der Waals surface area contributed by atoms with Crippen LogP contribution in [0.25, 0.3) is 0 Å². The zero-order chi connectivity index (χ0) is 21.8. The van der Waals surface area contributed by atoms with Gasteiger partial charge < -0.3 is 25.0 Å². The van der Waals surface area contributed by atoms with Crippen LogP contribution in [-0.2, 0) is 6.54 Å². The molecule has 30 heavy (non-hydrogen) atoms. The Balaban J connectivity index is 1.79. The average Bonchev–Trinajstić information content (AvgIpc) is 2.76. The van der Waals surface area contributed by atoms with E-state index in [9.17, 15) is 0 Å². The fourth-order valence-electron chi connectivity index (χ4n) is 3.03. The second-order valence-electron chi connectivity index (χ2n) is 7.57. The molecule has 0 aliphatic carbocycles. The minimum absolute atomic E-state index is 0.451. The summed E-state index contributed by atoms with van der Waals surface area (Å²) in [6, 6.07) is 16.4. The average molecular weight is 413 g/mol. The number of methoxy groups -OCH3 is 1. The van der Waals surface area contributed by atoms with Crippen molar-refractivity contribution in [2.45, 2.75) is 25.8 Å². The van der Waals surface area contributed by atoms with Gasteiger partial charge in [0.1, 0.15) is 18.1 Å². The van der Waals surface area contributed by atoms with Crippen LogP contribution in [-0.4, -0.2) is 58.8 Å². The number of guanidine groups is 1. The number of ether oxygens (including phenoxy) is 2. The third-order valence-corrected chi connectivity index (χ3v) is 4.99. The summed E-state index contributed by atoms with van der Waals surface area (Å²) in [5.41, 5.74) is 2.43. The van der Waals surface area contributed by atoms with E-state index in [-0.39, 0.29) is 0 Å². The Morgan fingerprint density at radius 2 is 1.80 bits per heavy atom. The number of nitrogens with zero attached hydrogens (tertiary/aromatic N) is 2. The second-order valence-corrected chi connectivity index (χ2v) is 7.57. The molecule has 0 saturated heterocycles. The molecule has 0 bridgehead atoms. The SMILES string of the molecule is CN=C(NCCC(C)c1ccc(OC)cc1)NCc1ccccc1OCCN(C)C. The molecular formula is C24H36N4O2. The molecule has 6 nitrogen and oxygen atoms in total. The molecule has 0 saturated carbocycles. The van der Waals surface area contributed by atoms with Crippen molar-refractivity contribution in [2.24, 2.45) is 4.99 Å². The summed E-state index contributed by atoms with van der Waals surface area (Å²) in [5, 5.41) is 6.79. The number of hydrogen-bond donors (Lipinski definition) is 2. The molecule has 2 aromatic carbocycles. The number of para-hydroxylation sites is 1. The van der Waals surface area contributed by atoms with Gasteiger partial charge in [0.15, 0.2) is 5.96 Å². The maximum absolute atomic E-state index is 5.94. The Kier molecular flexibility index (Phi) is 10.0. The number of likely N-dealkylation sites (N-methyl/N-ethyl adjacent to an activating group) is 1. The normalized spacial score (nSPS) is 12.5. The Labute approximate surface area is 181 Å². The zero-order valence-electron chi connectivity index (χ0n) is 18.9. The fraction of sp³-hybridized carbons (Fsp3) is 0.458. The summed E-state index contributed by atoms with van der Waals surface area (Å²) in [4.78, 5) is 6.45. The third-order valence-electron chi connectivity index (χ3n) is 4.99. The lowest BCUT2D eigenvalue weighted by molar-refractivity contribution is 0.259. The largest absolute Gasteiger partial charge is 0.497 e. The van der Waals surface area contributed by atoms with Gasteiger partial charge >= 0.3 is 0 Å². The first-order valence-corrected chi connectivity index (χ1v) is 10.5. The van der Waals surface area contributed by atoms with Crippen LogP contribution in [0, 0.1) is 0 Å². The van der Waals surface area contributed by atoms with Gasteiger partial charge in [-0.2, -0.15) is 0 Å². The van der Waals surface area contributed by atoms with Gasteiger partial charge in [-0.3, -0.25) is 4.99 Å². The molecule has 0 heterocycles. The molecule has 0 aliphatic rings. The molecule has 2 rings (SSSR count). The lowest BCUT2D eigenvalue weighted by Crippen LogP contribution is -2.37. The minimum Gasteiger partial charge on any atom is -0.497 e. The number of aliphatic imine (C=N–C) groups is 1. The highest BCUT2D eigenvalue weighted by Crippen LogP contribution is 2.21. The molecule has 0 radical (unpaired) electrons. The van der Waals surface area contributed by atoms with E-state index >= 15 is 0 Å². The molecule has 2 N–H and O–H groups in total. The molecule has 2 aromatic rings. The predicted octanol–water partition coefficient (Wildman–Crippen LogP) is 3.49. The van der Waals surface area contributed by atoms with Crippen molar-refractivity contribution in [2.75, 3.05) is 47.9 Å². The quantitative estimate of drug-likeness (QED) is 0.437. The van der Waals surface area contributed by atoms with E-state index in [2.05, 4.69) is 45.6 Å². The molecule has 6 heteroatoms. The van der Waals surface area contributed by atoms with Gasteiger partial charge in [-0.05, 0) is 50.2 Å². The standard InChI is InChI=1S/C24H36N4O2/c1-19(20-10-12-22(29-5)13-11-20)14-15-26-24(25-2)27-18-21-8-6-7-9-23(21)30-17-16-28(3)4/h6-13,19H,14-18H2,1-5H3,(H2,25,26,27). The monoisotopic (exact) mass is 412 g/mol. The number of hydrogen-bond acceptors (Lipinski definition) is 4. The lowest BCUT2D eigenvalue weighted by atomic mass is 9.98. The van der Waals surface area contributed by atoms with Crippen LogP contribution in [0.3, 0.4) is 0 Å². The van der Waals surface area contributed by atoms with Crippen LogP contribution in [0.1, 0.15) is 30.4 Å². The first kappa shape index (κ1) is 23.5. The lowest BCUT2D eigenvalue weighted by Gasteiger charge is -2.17. The van der Waals surface area contributed by atoms with E-state index < -0.39 is 0 Å². The van der Waals surface area contributed by atoms with Crippen molar-refractivity contribution in [3.63, 3.8) is 0 Å². The Bertz CT molecular complexity index is 775. The van der Waals surface area contributed by atoms with Gasteiger partial charge in [0.2, 0.25) is 0 Å². The van der Waals surface area contributed by atoms with Crippen molar-refractivity contribution in [3.8, 4) is 11.5 Å². The molecule has 0 aromatic heterocycles. The molecule has 0 amide bonds. The third kappa shape index (κ3) is 7.95. The molecule has 164 valence electrons. The van der Waals surface area contributed by atoms with Crippen LogP contribution in [0.5, 0.6) is 11.5 Å². The van der Waals surface area contributed by atoms with Crippen molar-refractivity contribution >= 4 is 5.96 Å². The summed E-state index contributed by atoms with van der Waals surface area (Å²) >= 11 is 0. The van der Waals surface area contributed by atoms with Crippen LogP contribution in [0.15, 0.2) is 53.5 Å². The fourth-order valence-corrected chi connectivity index (χ4v) is 3.03. The van der Waals surface area contributed by atoms with E-state index in [0.717, 1.165) is 42.5 Å². The van der Waals surface area contributed by atoms with Crippen LogP contribution in [0.4, 0.5) is 0 Å². The highest BCUT2D eigenvalue weighted by molar-refractivity contribution is 5.79. The van der Waals surface area contributed by atoms with E-state index in [1.165, 1.54) is 5.56 Å². The summed E-state index contributed by atoms with van der Waals surface area (Å²) < 4.78 is 11.2. The maximum Gasteiger partial charge on any atom is 0.191 e. The Morgan fingerprint density at radius 1 is 1.07 bits per heavy atom. The second kappa shape index (κ2) is 12.8. The molecular weight excluding hydrogens is 376 g/mol. The first-order valence-electron chi connectivity index (χ1n) is 10.5. The van der Waals surface area contributed by atoms with Crippen molar-refractivity contribution in [1.82, 2.24) is 15.5 Å². The van der Waals surface area contributed by atoms with Crippen molar-refractivity contribution in [3.05, 3.63) is 59.7 Å². The summed E-state index contributed by atoms with van der Waals surface area (Å²) in [6.07, 6.45) is 1.01. The van der Waals surface area contributed by atoms with Crippen LogP contribution >= 0.6 is 0 Å². The van der Waals surface area contributed by atoms with Crippen LogP contribution < -0.4 is 20.1 Å². The summed E-state index contributed by atoms with van der Waals surface area (Å²) in [7, 11) is 7.57. The number of nitrogens with one attached hydrogen (secondary N) is 2. The van der Waals surface area contributed by atoms with Gasteiger partial charge in [0.05, 0.1) is 7.11 Å². The smallest absolute Gasteiger partial charge is 0.191 e. The zero-order valence-corrected chi connectivity index (χ0v) is 18.9. The van der Waals surface area contributed by atoms with Gasteiger partial charge in [0, 0.05) is 32.2 Å². The van der Waals surface area contributed by atoms with Crippen LogP contribution in [0.2, 0.25) is 0 Å². The van der Waals surface area contributed by atoms with E-state index in [4.69, 9.17) is 9.47 Å². The molecule has 1 unspecified atom stereocenters. The first-order chi connectivity index (χ1) is 14.5. The number of benzene rings is 2. The predicted molar refractivity (Wildman–Crippen MR) is 125 cm³/mol. The van der Waals surface area contributed by atoms with Crippen molar-refractivity contribution in [1.29, 1.82) is 0 Å². The Morgan fingerprint density at radius 3 is 2.47 bits per heavy atom. The highest BCUT2D eigenvalue weighted by atomic mass is 16.5. The van der Waals surface area contributed by atoms with Gasteiger partial charge in [-0.15, -0.1) is 0 Å². The van der Waals surface area contributed by atoms with E-state index in [1.54, 1.807) is 14.2 Å². The maximum atomic E-state index is 5.94. The number of rotatable bonds is 11. The highest BCUT2D eigenvalue weighted by Gasteiger charge is 2.08. The Hall–Kier alpha value is -2.73. The van der Waals surface area contributed by atoms with E-state index in [1.807, 2.05) is 44.4 Å². The molecule has 0 fully saturated rings. The van der Waals surface area contributed by atoms with Gasteiger partial charge in [0.25, 0.3) is 0 Å². The summed E-state index contributed by atoms with van der Waals surface area (Å²) in [6.45, 7) is 5.29. The molecule has 0 aliphatic heterocycles.